The number of piperidine rings is 2. The highest BCUT2D eigenvalue weighted by Gasteiger charge is 2.21. The van der Waals surface area contributed by atoms with E-state index < -0.39 is 0 Å². The number of likely N-dealkylation sites (tertiary alicyclic amines) is 2. The number of nitrogens with two attached hydrogens (primary N) is 1. The van der Waals surface area contributed by atoms with Gasteiger partial charge in [-0.15, -0.1) is 0 Å². The maximum atomic E-state index is 11.9. The van der Waals surface area contributed by atoms with Crippen LogP contribution in [0.1, 0.15) is 25.7 Å². The third-order valence-electron chi connectivity index (χ3n) is 4.08. The first-order chi connectivity index (χ1) is 8.63. The van der Waals surface area contributed by atoms with E-state index in [4.69, 9.17) is 5.73 Å². The van der Waals surface area contributed by atoms with Crippen LogP contribution in [0.25, 0.3) is 0 Å². The summed E-state index contributed by atoms with van der Waals surface area (Å²) in [7, 11) is 2.13. The second-order valence-electron chi connectivity index (χ2n) is 5.76. The Hall–Kier alpha value is -0.650. The topological polar surface area (TPSA) is 61.6 Å². The van der Waals surface area contributed by atoms with Crippen molar-refractivity contribution in [3.8, 4) is 0 Å². The summed E-state index contributed by atoms with van der Waals surface area (Å²) in [6.45, 7) is 4.63. The molecule has 0 unspecified atom stereocenters. The normalized spacial score (nSPS) is 25.2. The van der Waals surface area contributed by atoms with Crippen LogP contribution < -0.4 is 11.1 Å². The molecule has 0 spiro atoms. The van der Waals surface area contributed by atoms with Gasteiger partial charge in [0.25, 0.3) is 0 Å². The van der Waals surface area contributed by atoms with Gasteiger partial charge in [0.05, 0.1) is 6.54 Å². The summed E-state index contributed by atoms with van der Waals surface area (Å²) in [6, 6.07) is 0.707. The first kappa shape index (κ1) is 13.8. The summed E-state index contributed by atoms with van der Waals surface area (Å²) in [4.78, 5) is 16.5. The lowest BCUT2D eigenvalue weighted by molar-refractivity contribution is -0.123. The molecular weight excluding hydrogens is 228 g/mol. The van der Waals surface area contributed by atoms with E-state index >= 15 is 0 Å². The van der Waals surface area contributed by atoms with E-state index in [-0.39, 0.29) is 5.91 Å². The van der Waals surface area contributed by atoms with E-state index in [0.29, 0.717) is 18.6 Å². The van der Waals surface area contributed by atoms with Gasteiger partial charge in [0.15, 0.2) is 0 Å². The van der Waals surface area contributed by atoms with Gasteiger partial charge in [-0.2, -0.15) is 0 Å². The van der Waals surface area contributed by atoms with E-state index in [1.165, 1.54) is 0 Å². The molecule has 2 heterocycles. The predicted molar refractivity (Wildman–Crippen MR) is 72.3 cm³/mol. The van der Waals surface area contributed by atoms with Gasteiger partial charge in [0, 0.05) is 25.2 Å². The van der Waals surface area contributed by atoms with E-state index in [9.17, 15) is 4.79 Å². The maximum Gasteiger partial charge on any atom is 0.234 e. The minimum Gasteiger partial charge on any atom is -0.352 e. The number of hydrogen-bond acceptors (Lipinski definition) is 4. The van der Waals surface area contributed by atoms with Crippen molar-refractivity contribution in [2.75, 3.05) is 39.8 Å². The molecule has 18 heavy (non-hydrogen) atoms. The monoisotopic (exact) mass is 254 g/mol. The fraction of sp³-hybridized carbons (Fsp3) is 0.923. The molecule has 0 aromatic carbocycles. The van der Waals surface area contributed by atoms with Gasteiger partial charge >= 0.3 is 0 Å². The Morgan fingerprint density at radius 1 is 1.17 bits per heavy atom. The molecule has 0 saturated carbocycles. The summed E-state index contributed by atoms with van der Waals surface area (Å²) in [5.74, 6) is 0.181. The van der Waals surface area contributed by atoms with E-state index in [1.54, 1.807) is 0 Å². The van der Waals surface area contributed by atoms with Crippen LogP contribution in [0.3, 0.4) is 0 Å². The van der Waals surface area contributed by atoms with E-state index in [2.05, 4.69) is 22.2 Å². The lowest BCUT2D eigenvalue weighted by atomic mass is 10.1. The predicted octanol–water partition coefficient (Wildman–Crippen LogP) is -0.380. The van der Waals surface area contributed by atoms with Crippen LogP contribution in [0.2, 0.25) is 0 Å². The summed E-state index contributed by atoms with van der Waals surface area (Å²) >= 11 is 0. The standard InChI is InChI=1S/C13H26N4O/c1-16-6-4-12(5-7-16)15-13(18)10-17-8-2-11(14)3-9-17/h11-12H,2-10,14H2,1H3,(H,15,18). The number of hydrogen-bond donors (Lipinski definition) is 2. The minimum atomic E-state index is 0.181. The molecule has 1 amide bonds. The number of nitrogens with one attached hydrogen (secondary N) is 1. The second-order valence-corrected chi connectivity index (χ2v) is 5.76. The van der Waals surface area contributed by atoms with Crippen LogP contribution in [-0.4, -0.2) is 67.6 Å². The molecule has 0 atom stereocenters. The largest absolute Gasteiger partial charge is 0.352 e. The van der Waals surface area contributed by atoms with Gasteiger partial charge in [0.1, 0.15) is 0 Å². The zero-order chi connectivity index (χ0) is 13.0. The molecule has 0 aliphatic carbocycles. The van der Waals surface area contributed by atoms with Crippen LogP contribution in [0.4, 0.5) is 0 Å². The average molecular weight is 254 g/mol. The van der Waals surface area contributed by atoms with E-state index in [0.717, 1.165) is 51.9 Å². The number of nitrogens with zero attached hydrogens (tertiary/aromatic N) is 2. The van der Waals surface area contributed by atoms with Gasteiger partial charge in [-0.1, -0.05) is 0 Å². The van der Waals surface area contributed by atoms with Gasteiger partial charge in [-0.05, 0) is 45.8 Å². The Morgan fingerprint density at radius 3 is 2.39 bits per heavy atom. The first-order valence-electron chi connectivity index (χ1n) is 7.09. The zero-order valence-corrected chi connectivity index (χ0v) is 11.4. The van der Waals surface area contributed by atoms with Crippen molar-refractivity contribution in [3.05, 3.63) is 0 Å². The molecule has 0 aromatic heterocycles. The van der Waals surface area contributed by atoms with Crippen LogP contribution in [0.5, 0.6) is 0 Å². The van der Waals surface area contributed by atoms with Crippen molar-refractivity contribution in [1.29, 1.82) is 0 Å². The minimum absolute atomic E-state index is 0.181. The number of carbonyl (C=O) groups is 1. The van der Waals surface area contributed by atoms with E-state index in [1.807, 2.05) is 0 Å². The third kappa shape index (κ3) is 4.23. The molecule has 0 bridgehead atoms. The third-order valence-corrected chi connectivity index (χ3v) is 4.08. The molecule has 2 aliphatic rings. The van der Waals surface area contributed by atoms with Crippen molar-refractivity contribution in [1.82, 2.24) is 15.1 Å². The lowest BCUT2D eigenvalue weighted by Gasteiger charge is -2.32. The van der Waals surface area contributed by atoms with Gasteiger partial charge in [-0.25, -0.2) is 0 Å². The summed E-state index contributed by atoms with van der Waals surface area (Å²) < 4.78 is 0. The molecule has 0 radical (unpaired) electrons. The fourth-order valence-electron chi connectivity index (χ4n) is 2.74. The summed E-state index contributed by atoms with van der Waals surface area (Å²) in [6.07, 6.45) is 4.18. The zero-order valence-electron chi connectivity index (χ0n) is 11.4. The van der Waals surface area contributed by atoms with Gasteiger partial charge in [0.2, 0.25) is 5.91 Å². The van der Waals surface area contributed by atoms with Gasteiger partial charge in [-0.3, -0.25) is 9.69 Å². The smallest absolute Gasteiger partial charge is 0.234 e. The Morgan fingerprint density at radius 2 is 1.78 bits per heavy atom. The fourth-order valence-corrected chi connectivity index (χ4v) is 2.74. The second kappa shape index (κ2) is 6.50. The SMILES string of the molecule is CN1CCC(NC(=O)CN2CCC(N)CC2)CC1. The molecular formula is C13H26N4O. The summed E-state index contributed by atoms with van der Waals surface area (Å²) in [5.41, 5.74) is 5.86. The van der Waals surface area contributed by atoms with Crippen molar-refractivity contribution >= 4 is 5.91 Å². The lowest BCUT2D eigenvalue weighted by Crippen LogP contribution is -2.48. The highest BCUT2D eigenvalue weighted by atomic mass is 16.2. The molecule has 2 aliphatic heterocycles. The van der Waals surface area contributed by atoms with Crippen molar-refractivity contribution in [2.45, 2.75) is 37.8 Å². The molecule has 0 aromatic rings. The Kier molecular flexibility index (Phi) is 4.97. The highest BCUT2D eigenvalue weighted by molar-refractivity contribution is 5.78. The van der Waals surface area contributed by atoms with Crippen LogP contribution in [0, 0.1) is 0 Å². The first-order valence-corrected chi connectivity index (χ1v) is 7.09. The average Bonchev–Trinajstić information content (AvgIpc) is 2.35. The Labute approximate surface area is 110 Å². The number of rotatable bonds is 3. The maximum absolute atomic E-state index is 11.9. The quantitative estimate of drug-likeness (QED) is 0.721. The summed E-state index contributed by atoms with van der Waals surface area (Å²) in [5, 5.41) is 3.16. The molecule has 3 N–H and O–H groups in total. The highest BCUT2D eigenvalue weighted by Crippen LogP contribution is 2.09. The van der Waals surface area contributed by atoms with Crippen molar-refractivity contribution in [3.63, 3.8) is 0 Å². The van der Waals surface area contributed by atoms with Crippen molar-refractivity contribution in [2.24, 2.45) is 5.73 Å². The molecule has 2 saturated heterocycles. The van der Waals surface area contributed by atoms with Gasteiger partial charge < -0.3 is 16.0 Å². The van der Waals surface area contributed by atoms with Crippen LogP contribution in [0.15, 0.2) is 0 Å². The molecule has 5 nitrogen and oxygen atoms in total. The molecule has 104 valence electrons. The number of carbonyl (C=O) groups excluding carboxylic acids is 1. The molecule has 5 heteroatoms. The van der Waals surface area contributed by atoms with Crippen LogP contribution >= 0.6 is 0 Å². The Bertz CT molecular complexity index is 242. The molecule has 2 fully saturated rings. The number of amides is 1. The van der Waals surface area contributed by atoms with Crippen LogP contribution in [-0.2, 0) is 4.79 Å². The van der Waals surface area contributed by atoms with Crippen molar-refractivity contribution < 1.29 is 4.79 Å². The molecule has 2 rings (SSSR count). The Balaban J connectivity index is 1.66.